The Kier molecular flexibility index (Phi) is 4.74. The fraction of sp³-hybridized carbons (Fsp3) is 0. The van der Waals surface area contributed by atoms with E-state index in [1.807, 2.05) is 47.0 Å². The zero-order chi connectivity index (χ0) is 25.9. The van der Waals surface area contributed by atoms with Crippen LogP contribution >= 0.6 is 47.0 Å². The molecule has 0 unspecified atom stereocenters. The maximum Gasteiger partial charge on any atom is 0.247 e. The SMILES string of the molecule is c1ccc2c(c1)Sc1cccc3c1B2c1cc2cc4c(cc2cc1S3)B1c2ccccc2Sc2cccc(c21)S4. The molecule has 6 aromatic rings. The molecule has 40 heavy (non-hydrogen) atoms. The second kappa shape index (κ2) is 8.33. The fourth-order valence-corrected chi connectivity index (χ4v) is 11.9. The monoisotopic (exact) mass is 576 g/mol. The van der Waals surface area contributed by atoms with Crippen LogP contribution in [-0.2, 0) is 0 Å². The van der Waals surface area contributed by atoms with E-state index < -0.39 is 0 Å². The van der Waals surface area contributed by atoms with Crippen molar-refractivity contribution in [1.82, 2.24) is 0 Å². The molecule has 0 saturated heterocycles. The smallest absolute Gasteiger partial charge is 0.0911 e. The molecule has 0 spiro atoms. The van der Waals surface area contributed by atoms with Gasteiger partial charge in [0.05, 0.1) is 0 Å². The maximum atomic E-state index is 2.51. The van der Waals surface area contributed by atoms with Crippen molar-refractivity contribution in [2.24, 2.45) is 0 Å². The van der Waals surface area contributed by atoms with Gasteiger partial charge in [-0.3, -0.25) is 0 Å². The summed E-state index contributed by atoms with van der Waals surface area (Å²) < 4.78 is 0. The van der Waals surface area contributed by atoms with Gasteiger partial charge in [-0.2, -0.15) is 0 Å². The largest absolute Gasteiger partial charge is 0.247 e. The summed E-state index contributed by atoms with van der Waals surface area (Å²) >= 11 is 7.75. The van der Waals surface area contributed by atoms with Crippen LogP contribution in [0.4, 0.5) is 0 Å². The third kappa shape index (κ3) is 3.08. The molecule has 0 radical (unpaired) electrons. The topological polar surface area (TPSA) is 0 Å². The molecule has 6 aromatic carbocycles. The Bertz CT molecular complexity index is 1950. The molecule has 6 heteroatoms. The van der Waals surface area contributed by atoms with Crippen LogP contribution in [0.3, 0.4) is 0 Å². The van der Waals surface area contributed by atoms with Crippen molar-refractivity contribution >= 4 is 104 Å². The van der Waals surface area contributed by atoms with Crippen LogP contribution in [0.2, 0.25) is 0 Å². The van der Waals surface area contributed by atoms with Crippen molar-refractivity contribution in [3.8, 4) is 0 Å². The van der Waals surface area contributed by atoms with Crippen LogP contribution in [0.5, 0.6) is 0 Å². The highest BCUT2D eigenvalue weighted by molar-refractivity contribution is 8.02. The summed E-state index contributed by atoms with van der Waals surface area (Å²) in [6.45, 7) is 0.581. The Morgan fingerprint density at radius 2 is 0.700 bits per heavy atom. The summed E-state index contributed by atoms with van der Waals surface area (Å²) in [7, 11) is 0. The lowest BCUT2D eigenvalue weighted by molar-refractivity contribution is 1.33. The molecular formula is C34H18B2S4. The number of benzene rings is 6. The average Bonchev–Trinajstić information content (AvgIpc) is 2.99. The average molecular weight is 576 g/mol. The first kappa shape index (κ1) is 22.8. The maximum absolute atomic E-state index is 2.51. The molecule has 0 saturated carbocycles. The van der Waals surface area contributed by atoms with Crippen LogP contribution < -0.4 is 32.8 Å². The molecule has 0 fully saturated rings. The van der Waals surface area contributed by atoms with Crippen molar-refractivity contribution in [2.75, 3.05) is 0 Å². The van der Waals surface area contributed by atoms with Crippen molar-refractivity contribution in [1.29, 1.82) is 0 Å². The normalized spacial score (nSPS) is 15.0. The lowest BCUT2D eigenvalue weighted by atomic mass is 9.36. The van der Waals surface area contributed by atoms with E-state index in [1.54, 1.807) is 0 Å². The first-order chi connectivity index (χ1) is 19.8. The Balaban J connectivity index is 1.21. The zero-order valence-electron chi connectivity index (χ0n) is 21.2. The van der Waals surface area contributed by atoms with E-state index in [-0.39, 0.29) is 0 Å². The van der Waals surface area contributed by atoms with Crippen molar-refractivity contribution in [3.63, 3.8) is 0 Å². The van der Waals surface area contributed by atoms with E-state index in [9.17, 15) is 0 Å². The highest BCUT2D eigenvalue weighted by atomic mass is 32.2. The number of hydrogen-bond donors (Lipinski definition) is 0. The van der Waals surface area contributed by atoms with Crippen LogP contribution in [0.25, 0.3) is 10.8 Å². The summed E-state index contributed by atoms with van der Waals surface area (Å²) in [6, 6.07) is 41.7. The predicted octanol–water partition coefficient (Wildman–Crippen LogP) is 5.73. The molecule has 0 aliphatic carbocycles. The van der Waals surface area contributed by atoms with Gasteiger partial charge in [-0.1, -0.05) is 130 Å². The predicted molar refractivity (Wildman–Crippen MR) is 176 cm³/mol. The van der Waals surface area contributed by atoms with Gasteiger partial charge in [0, 0.05) is 39.2 Å². The minimum absolute atomic E-state index is 0.290. The summed E-state index contributed by atoms with van der Waals surface area (Å²) in [6.07, 6.45) is 0. The molecule has 4 aliphatic heterocycles. The zero-order valence-corrected chi connectivity index (χ0v) is 24.4. The van der Waals surface area contributed by atoms with E-state index in [0.29, 0.717) is 13.4 Å². The van der Waals surface area contributed by atoms with Gasteiger partial charge < -0.3 is 0 Å². The lowest BCUT2D eigenvalue weighted by Crippen LogP contribution is -2.58. The van der Waals surface area contributed by atoms with E-state index >= 15 is 0 Å². The molecule has 0 aromatic heterocycles. The number of fused-ring (bicyclic) bond motifs is 9. The standard InChI is InChI=1S/C34H18B2S4/c1-3-9-25-21(7-1)35-23-15-19-18-32-24(16-20(19)17-31(23)39-29-13-5-11-27(37-25)33(29)35)36-22-8-2-4-10-26(22)38-28-12-6-14-30(40-32)34(28)36/h1-18H. The van der Waals surface area contributed by atoms with Crippen molar-refractivity contribution in [2.45, 2.75) is 39.2 Å². The molecule has 0 bridgehead atoms. The third-order valence-electron chi connectivity index (χ3n) is 8.69. The Hall–Kier alpha value is -2.89. The molecule has 0 nitrogen and oxygen atoms in total. The van der Waals surface area contributed by atoms with Gasteiger partial charge >= 0.3 is 0 Å². The lowest BCUT2D eigenvalue weighted by Gasteiger charge is -2.34. The summed E-state index contributed by atoms with van der Waals surface area (Å²) in [4.78, 5) is 11.2. The van der Waals surface area contributed by atoms with E-state index in [1.165, 1.54) is 82.7 Å². The van der Waals surface area contributed by atoms with E-state index in [2.05, 4.69) is 109 Å². The van der Waals surface area contributed by atoms with Crippen LogP contribution in [0, 0.1) is 0 Å². The highest BCUT2D eigenvalue weighted by Crippen LogP contribution is 2.41. The molecule has 4 heterocycles. The first-order valence-electron chi connectivity index (χ1n) is 13.6. The Morgan fingerprint density at radius 1 is 0.325 bits per heavy atom. The highest BCUT2D eigenvalue weighted by Gasteiger charge is 2.40. The van der Waals surface area contributed by atoms with Gasteiger partial charge in [-0.05, 0) is 70.2 Å². The van der Waals surface area contributed by atoms with E-state index in [0.717, 1.165) is 0 Å². The minimum atomic E-state index is 0.290. The van der Waals surface area contributed by atoms with Gasteiger partial charge in [0.15, 0.2) is 0 Å². The summed E-state index contributed by atoms with van der Waals surface area (Å²) in [5.74, 6) is 0. The Labute approximate surface area is 250 Å². The summed E-state index contributed by atoms with van der Waals surface area (Å²) in [5.41, 5.74) is 8.78. The second-order valence-electron chi connectivity index (χ2n) is 10.8. The molecule has 4 aliphatic rings. The molecule has 0 N–H and O–H groups in total. The minimum Gasteiger partial charge on any atom is -0.0911 e. The Morgan fingerprint density at radius 3 is 1.15 bits per heavy atom. The van der Waals surface area contributed by atoms with Gasteiger partial charge in [0.2, 0.25) is 13.4 Å². The molecule has 10 rings (SSSR count). The quantitative estimate of drug-likeness (QED) is 0.212. The molecule has 184 valence electrons. The van der Waals surface area contributed by atoms with Gasteiger partial charge in [-0.25, -0.2) is 0 Å². The first-order valence-corrected chi connectivity index (χ1v) is 16.8. The number of rotatable bonds is 0. The summed E-state index contributed by atoms with van der Waals surface area (Å²) in [5, 5.41) is 2.70. The third-order valence-corrected chi connectivity index (χ3v) is 13.3. The van der Waals surface area contributed by atoms with Gasteiger partial charge in [0.25, 0.3) is 0 Å². The molecule has 0 amide bonds. The van der Waals surface area contributed by atoms with Crippen molar-refractivity contribution in [3.05, 3.63) is 109 Å². The second-order valence-corrected chi connectivity index (χ2v) is 15.1. The van der Waals surface area contributed by atoms with Crippen LogP contribution in [0.1, 0.15) is 0 Å². The number of hydrogen-bond acceptors (Lipinski definition) is 4. The van der Waals surface area contributed by atoms with Gasteiger partial charge in [-0.15, -0.1) is 0 Å². The van der Waals surface area contributed by atoms with Crippen molar-refractivity contribution < 1.29 is 0 Å². The molecular weight excluding hydrogens is 558 g/mol. The van der Waals surface area contributed by atoms with Gasteiger partial charge in [0.1, 0.15) is 0 Å². The van der Waals surface area contributed by atoms with Crippen LogP contribution in [0.15, 0.2) is 148 Å². The molecule has 0 atom stereocenters. The van der Waals surface area contributed by atoms with Crippen LogP contribution in [-0.4, -0.2) is 13.4 Å². The van der Waals surface area contributed by atoms with E-state index in [4.69, 9.17) is 0 Å². The fourth-order valence-electron chi connectivity index (χ4n) is 7.00.